The molecule has 0 aliphatic rings. The number of halogens is 1. The van der Waals surface area contributed by atoms with Crippen LogP contribution in [0.15, 0.2) is 47.5 Å². The van der Waals surface area contributed by atoms with Crippen LogP contribution in [-0.2, 0) is 16.1 Å². The van der Waals surface area contributed by atoms with Crippen molar-refractivity contribution in [3.05, 3.63) is 64.3 Å². The third-order valence-electron chi connectivity index (χ3n) is 4.52. The highest BCUT2D eigenvalue weighted by molar-refractivity contribution is 7.99. The highest BCUT2D eigenvalue weighted by atomic mass is 35.5. The molecular formula is C22H23ClN4O4S2. The monoisotopic (exact) mass is 506 g/mol. The molecule has 0 aliphatic heterocycles. The number of thioether (sulfide) groups is 1. The van der Waals surface area contributed by atoms with Gasteiger partial charge in [0.2, 0.25) is 5.91 Å². The van der Waals surface area contributed by atoms with Gasteiger partial charge in [0.05, 0.1) is 18.4 Å². The Balaban J connectivity index is 1.69. The number of ether oxygens (including phenoxy) is 2. The summed E-state index contributed by atoms with van der Waals surface area (Å²) in [5.41, 5.74) is 1.23. The molecule has 0 spiro atoms. The van der Waals surface area contributed by atoms with Crippen molar-refractivity contribution in [2.75, 3.05) is 18.2 Å². The number of aryl methyl sites for hydroxylation is 1. The van der Waals surface area contributed by atoms with Crippen LogP contribution in [0.3, 0.4) is 0 Å². The molecule has 11 heteroatoms. The van der Waals surface area contributed by atoms with E-state index >= 15 is 0 Å². The summed E-state index contributed by atoms with van der Waals surface area (Å²) in [5.74, 6) is 0.617. The lowest BCUT2D eigenvalue weighted by molar-refractivity contribution is -0.113. The summed E-state index contributed by atoms with van der Waals surface area (Å²) in [6.45, 7) is 8.05. The van der Waals surface area contributed by atoms with Gasteiger partial charge in [-0.2, -0.15) is 0 Å². The van der Waals surface area contributed by atoms with E-state index in [1.54, 1.807) is 23.6 Å². The molecule has 2 heterocycles. The van der Waals surface area contributed by atoms with Crippen LogP contribution in [0.1, 0.15) is 34.8 Å². The van der Waals surface area contributed by atoms with Crippen molar-refractivity contribution in [1.82, 2.24) is 14.8 Å². The van der Waals surface area contributed by atoms with Gasteiger partial charge in [-0.15, -0.1) is 28.1 Å². The van der Waals surface area contributed by atoms with Gasteiger partial charge in [-0.25, -0.2) is 4.79 Å². The van der Waals surface area contributed by atoms with E-state index < -0.39 is 12.1 Å². The first-order chi connectivity index (χ1) is 15.8. The number of hydrogen-bond acceptors (Lipinski definition) is 8. The number of amides is 1. The van der Waals surface area contributed by atoms with E-state index in [9.17, 15) is 9.59 Å². The lowest BCUT2D eigenvalue weighted by atomic mass is 10.2. The maximum atomic E-state index is 12.5. The van der Waals surface area contributed by atoms with Crippen LogP contribution in [0.25, 0.3) is 0 Å². The Morgan fingerprint density at radius 2 is 2.15 bits per heavy atom. The van der Waals surface area contributed by atoms with Crippen LogP contribution in [0, 0.1) is 6.92 Å². The standard InChI is InChI=1S/C22H23ClN4O4S2/c1-5-9-27-19(14(3)31-17-7-6-15(23)11-13(17)2)25-26-22(27)33-12-18(28)24-20-16(8-10-32-20)21(29)30-4/h5-8,10-11,14H,1,9,12H2,2-4H3,(H,24,28). The Morgan fingerprint density at radius 1 is 1.36 bits per heavy atom. The molecule has 1 aromatic carbocycles. The van der Waals surface area contributed by atoms with Crippen molar-refractivity contribution in [1.29, 1.82) is 0 Å². The molecule has 0 radical (unpaired) electrons. The Morgan fingerprint density at radius 3 is 2.85 bits per heavy atom. The summed E-state index contributed by atoms with van der Waals surface area (Å²) in [5, 5.41) is 14.6. The predicted octanol–water partition coefficient (Wildman–Crippen LogP) is 5.14. The highest BCUT2D eigenvalue weighted by Crippen LogP contribution is 2.29. The maximum absolute atomic E-state index is 12.5. The first-order valence-corrected chi connectivity index (χ1v) is 12.1. The van der Waals surface area contributed by atoms with Crippen molar-refractivity contribution in [2.24, 2.45) is 0 Å². The van der Waals surface area contributed by atoms with Gasteiger partial charge in [0.1, 0.15) is 10.8 Å². The molecule has 0 bridgehead atoms. The summed E-state index contributed by atoms with van der Waals surface area (Å²) < 4.78 is 12.7. The number of nitrogens with one attached hydrogen (secondary N) is 1. The number of hydrogen-bond donors (Lipinski definition) is 1. The minimum absolute atomic E-state index is 0.0827. The molecule has 1 atom stereocenters. The number of esters is 1. The molecule has 0 saturated carbocycles. The Hall–Kier alpha value is -2.82. The maximum Gasteiger partial charge on any atom is 0.340 e. The normalized spacial score (nSPS) is 11.6. The molecule has 1 N–H and O–H groups in total. The van der Waals surface area contributed by atoms with E-state index in [1.807, 2.05) is 30.5 Å². The van der Waals surface area contributed by atoms with Crippen molar-refractivity contribution >= 4 is 51.6 Å². The van der Waals surface area contributed by atoms with E-state index in [4.69, 9.17) is 21.1 Å². The molecule has 174 valence electrons. The van der Waals surface area contributed by atoms with Crippen LogP contribution in [0.5, 0.6) is 5.75 Å². The molecule has 1 amide bonds. The third-order valence-corrected chi connectivity index (χ3v) is 6.55. The molecule has 0 aliphatic carbocycles. The van der Waals surface area contributed by atoms with Gasteiger partial charge < -0.3 is 14.8 Å². The molecule has 0 fully saturated rings. The number of rotatable bonds is 10. The first-order valence-electron chi connectivity index (χ1n) is 9.89. The number of benzene rings is 1. The quantitative estimate of drug-likeness (QED) is 0.231. The number of carbonyl (C=O) groups is 2. The van der Waals surface area contributed by atoms with Crippen molar-refractivity contribution in [3.63, 3.8) is 0 Å². The number of aromatic nitrogens is 3. The summed E-state index contributed by atoms with van der Waals surface area (Å²) in [6.07, 6.45) is 1.33. The average Bonchev–Trinajstić information content (AvgIpc) is 3.41. The summed E-state index contributed by atoms with van der Waals surface area (Å²) in [6, 6.07) is 7.02. The summed E-state index contributed by atoms with van der Waals surface area (Å²) in [7, 11) is 1.30. The highest BCUT2D eigenvalue weighted by Gasteiger charge is 2.21. The van der Waals surface area contributed by atoms with Crippen molar-refractivity contribution < 1.29 is 19.1 Å². The molecule has 0 saturated heterocycles. The van der Waals surface area contributed by atoms with E-state index in [2.05, 4.69) is 22.1 Å². The average molecular weight is 507 g/mol. The van der Waals surface area contributed by atoms with Crippen LogP contribution in [-0.4, -0.2) is 39.5 Å². The van der Waals surface area contributed by atoms with E-state index in [0.29, 0.717) is 38.9 Å². The number of carbonyl (C=O) groups excluding carboxylic acids is 2. The molecule has 1 unspecified atom stereocenters. The van der Waals surface area contributed by atoms with Crippen LogP contribution in [0.2, 0.25) is 5.02 Å². The van der Waals surface area contributed by atoms with Crippen LogP contribution >= 0.6 is 34.7 Å². The van der Waals surface area contributed by atoms with E-state index in [0.717, 1.165) is 5.56 Å². The molecule has 8 nitrogen and oxygen atoms in total. The summed E-state index contributed by atoms with van der Waals surface area (Å²) >= 11 is 8.51. The van der Waals surface area contributed by atoms with Gasteiger partial charge in [-0.05, 0) is 49.1 Å². The predicted molar refractivity (Wildman–Crippen MR) is 130 cm³/mol. The summed E-state index contributed by atoms with van der Waals surface area (Å²) in [4.78, 5) is 24.3. The molecule has 3 rings (SSSR count). The Labute approximate surface area is 204 Å². The number of nitrogens with zero attached hydrogens (tertiary/aromatic N) is 3. The largest absolute Gasteiger partial charge is 0.482 e. The molecule has 3 aromatic rings. The number of thiophene rings is 1. The van der Waals surface area contributed by atoms with E-state index in [1.165, 1.54) is 30.2 Å². The second-order valence-electron chi connectivity index (χ2n) is 6.90. The van der Waals surface area contributed by atoms with Gasteiger partial charge >= 0.3 is 5.97 Å². The van der Waals surface area contributed by atoms with Gasteiger partial charge in [0.25, 0.3) is 0 Å². The zero-order chi connectivity index (χ0) is 24.0. The first kappa shape index (κ1) is 24.8. The van der Waals surface area contributed by atoms with Gasteiger partial charge in [0, 0.05) is 11.6 Å². The molecular weight excluding hydrogens is 484 g/mol. The number of anilines is 1. The Kier molecular flexibility index (Phi) is 8.54. The smallest absolute Gasteiger partial charge is 0.340 e. The zero-order valence-electron chi connectivity index (χ0n) is 18.3. The van der Waals surface area contributed by atoms with Gasteiger partial charge in [-0.3, -0.25) is 9.36 Å². The topological polar surface area (TPSA) is 95.3 Å². The van der Waals surface area contributed by atoms with E-state index in [-0.39, 0.29) is 11.7 Å². The van der Waals surface area contributed by atoms with Crippen molar-refractivity contribution in [2.45, 2.75) is 31.7 Å². The second-order valence-corrected chi connectivity index (χ2v) is 9.20. The minimum atomic E-state index is -0.500. The lowest BCUT2D eigenvalue weighted by Gasteiger charge is -2.17. The fourth-order valence-electron chi connectivity index (χ4n) is 2.97. The second kappa shape index (κ2) is 11.4. The fraction of sp³-hybridized carbons (Fsp3) is 0.273. The fourth-order valence-corrected chi connectivity index (χ4v) is 4.74. The number of methoxy groups -OCH3 is 1. The number of allylic oxidation sites excluding steroid dienone is 1. The molecule has 2 aromatic heterocycles. The van der Waals surface area contributed by atoms with Crippen LogP contribution in [0.4, 0.5) is 5.00 Å². The SMILES string of the molecule is C=CCn1c(SCC(=O)Nc2sccc2C(=O)OC)nnc1C(C)Oc1ccc(Cl)cc1C. The third kappa shape index (κ3) is 6.16. The molecule has 33 heavy (non-hydrogen) atoms. The Bertz CT molecular complexity index is 1160. The zero-order valence-corrected chi connectivity index (χ0v) is 20.7. The lowest BCUT2D eigenvalue weighted by Crippen LogP contribution is -2.16. The van der Waals surface area contributed by atoms with Gasteiger partial charge in [0.15, 0.2) is 17.1 Å². The minimum Gasteiger partial charge on any atom is -0.482 e. The van der Waals surface area contributed by atoms with Gasteiger partial charge in [-0.1, -0.05) is 29.4 Å². The van der Waals surface area contributed by atoms with Crippen molar-refractivity contribution in [3.8, 4) is 5.75 Å². The van der Waals surface area contributed by atoms with Crippen LogP contribution < -0.4 is 10.1 Å².